The van der Waals surface area contributed by atoms with E-state index in [0.717, 1.165) is 6.07 Å². The summed E-state index contributed by atoms with van der Waals surface area (Å²) in [6, 6.07) is 5.35. The second-order valence-electron chi connectivity index (χ2n) is 3.29. The van der Waals surface area contributed by atoms with Crippen molar-refractivity contribution in [1.82, 2.24) is 4.98 Å². The second kappa shape index (κ2) is 4.28. The molecule has 0 spiro atoms. The first kappa shape index (κ1) is 11.8. The van der Waals surface area contributed by atoms with Crippen molar-refractivity contribution in [3.05, 3.63) is 41.5 Å². The highest BCUT2D eigenvalue weighted by atomic mass is 19.1. The molecule has 1 aromatic heterocycles. The highest BCUT2D eigenvalue weighted by molar-refractivity contribution is 5.98. The fourth-order valence-electron chi connectivity index (χ4n) is 1.36. The molecule has 0 saturated carbocycles. The van der Waals surface area contributed by atoms with E-state index in [0.29, 0.717) is 0 Å². The lowest BCUT2D eigenvalue weighted by atomic mass is 10.2. The van der Waals surface area contributed by atoms with Crippen LogP contribution in [0, 0.1) is 5.82 Å². The molecular weight excluding hydrogens is 245 g/mol. The van der Waals surface area contributed by atoms with Gasteiger partial charge in [0.2, 0.25) is 17.3 Å². The van der Waals surface area contributed by atoms with Crippen LogP contribution in [0.2, 0.25) is 0 Å². The monoisotopic (exact) mass is 251 g/mol. The number of carbonyl (C=O) groups is 2. The van der Waals surface area contributed by atoms with E-state index in [-0.39, 0.29) is 11.5 Å². The first-order valence-electron chi connectivity index (χ1n) is 4.73. The average Bonchev–Trinajstić information content (AvgIpc) is 2.74. The van der Waals surface area contributed by atoms with E-state index in [2.05, 4.69) is 4.98 Å². The minimum Gasteiger partial charge on any atom is -0.476 e. The SMILES string of the molecule is O=C(O)c1nc(-c2ccccc2F)oc1C(=O)O. The fraction of sp³-hybridized carbons (Fsp3) is 0. The number of hydrogen-bond acceptors (Lipinski definition) is 4. The van der Waals surface area contributed by atoms with Gasteiger partial charge >= 0.3 is 11.9 Å². The van der Waals surface area contributed by atoms with Crippen LogP contribution in [0.1, 0.15) is 21.0 Å². The molecule has 0 saturated heterocycles. The molecule has 0 fully saturated rings. The molecule has 0 aliphatic rings. The maximum atomic E-state index is 13.4. The highest BCUT2D eigenvalue weighted by Crippen LogP contribution is 2.24. The Hall–Kier alpha value is -2.70. The number of nitrogens with zero attached hydrogens (tertiary/aromatic N) is 1. The zero-order chi connectivity index (χ0) is 13.3. The molecule has 2 aromatic rings. The Balaban J connectivity index is 2.61. The third kappa shape index (κ3) is 1.93. The Morgan fingerprint density at radius 3 is 2.33 bits per heavy atom. The van der Waals surface area contributed by atoms with Crippen molar-refractivity contribution < 1.29 is 28.6 Å². The molecule has 1 aromatic carbocycles. The van der Waals surface area contributed by atoms with Gasteiger partial charge in [0.25, 0.3) is 0 Å². The molecule has 6 nitrogen and oxygen atoms in total. The topological polar surface area (TPSA) is 101 Å². The summed E-state index contributed by atoms with van der Waals surface area (Å²) in [6.07, 6.45) is 0. The van der Waals surface area contributed by atoms with E-state index in [9.17, 15) is 14.0 Å². The van der Waals surface area contributed by atoms with E-state index >= 15 is 0 Å². The number of benzene rings is 1. The Morgan fingerprint density at radius 2 is 1.83 bits per heavy atom. The molecule has 0 bridgehead atoms. The van der Waals surface area contributed by atoms with Gasteiger partial charge in [0.1, 0.15) is 5.82 Å². The summed E-state index contributed by atoms with van der Waals surface area (Å²) < 4.78 is 18.2. The van der Waals surface area contributed by atoms with Crippen LogP contribution >= 0.6 is 0 Å². The van der Waals surface area contributed by atoms with Gasteiger partial charge in [-0.25, -0.2) is 19.0 Å². The molecule has 0 amide bonds. The minimum atomic E-state index is -1.58. The molecule has 92 valence electrons. The van der Waals surface area contributed by atoms with Crippen LogP contribution in [0.5, 0.6) is 0 Å². The predicted molar refractivity (Wildman–Crippen MR) is 55.8 cm³/mol. The van der Waals surface area contributed by atoms with Gasteiger partial charge in [-0.15, -0.1) is 0 Å². The van der Waals surface area contributed by atoms with E-state index in [1.165, 1.54) is 18.2 Å². The van der Waals surface area contributed by atoms with E-state index in [4.69, 9.17) is 14.6 Å². The highest BCUT2D eigenvalue weighted by Gasteiger charge is 2.26. The lowest BCUT2D eigenvalue weighted by Crippen LogP contribution is -2.05. The number of hydrogen-bond donors (Lipinski definition) is 2. The van der Waals surface area contributed by atoms with E-state index < -0.39 is 29.2 Å². The van der Waals surface area contributed by atoms with Crippen LogP contribution in [-0.4, -0.2) is 27.1 Å². The lowest BCUT2D eigenvalue weighted by molar-refractivity contribution is 0.0624. The molecule has 7 heteroatoms. The number of oxazole rings is 1. The van der Waals surface area contributed by atoms with Gasteiger partial charge in [0.15, 0.2) is 0 Å². The van der Waals surface area contributed by atoms with Crippen molar-refractivity contribution in [2.75, 3.05) is 0 Å². The summed E-state index contributed by atoms with van der Waals surface area (Å²) >= 11 is 0. The Morgan fingerprint density at radius 1 is 1.17 bits per heavy atom. The molecule has 2 rings (SSSR count). The number of aromatic carboxylic acids is 2. The number of rotatable bonds is 3. The quantitative estimate of drug-likeness (QED) is 0.863. The van der Waals surface area contributed by atoms with Crippen LogP contribution < -0.4 is 0 Å². The zero-order valence-electron chi connectivity index (χ0n) is 8.75. The maximum absolute atomic E-state index is 13.4. The number of carboxylic acid groups (broad SMARTS) is 2. The summed E-state index contributed by atoms with van der Waals surface area (Å²) in [4.78, 5) is 25.0. The van der Waals surface area contributed by atoms with Gasteiger partial charge < -0.3 is 14.6 Å². The Labute approximate surface area is 99.3 Å². The lowest BCUT2D eigenvalue weighted by Gasteiger charge is -1.95. The van der Waals surface area contributed by atoms with Crippen LogP contribution in [0.4, 0.5) is 4.39 Å². The summed E-state index contributed by atoms with van der Waals surface area (Å²) in [6.45, 7) is 0. The number of aromatic nitrogens is 1. The molecule has 1 heterocycles. The molecule has 0 unspecified atom stereocenters. The minimum absolute atomic E-state index is 0.104. The third-order valence-corrected chi connectivity index (χ3v) is 2.13. The van der Waals surface area contributed by atoms with Gasteiger partial charge in [-0.2, -0.15) is 0 Å². The molecule has 0 aliphatic carbocycles. The predicted octanol–water partition coefficient (Wildman–Crippen LogP) is 1.88. The molecule has 0 radical (unpaired) electrons. The first-order valence-corrected chi connectivity index (χ1v) is 4.73. The normalized spacial score (nSPS) is 10.3. The van der Waals surface area contributed by atoms with E-state index in [1.54, 1.807) is 0 Å². The van der Waals surface area contributed by atoms with Crippen molar-refractivity contribution >= 4 is 11.9 Å². The smallest absolute Gasteiger partial charge is 0.374 e. The van der Waals surface area contributed by atoms with Gasteiger partial charge in [0.05, 0.1) is 5.56 Å². The summed E-state index contributed by atoms with van der Waals surface area (Å²) in [5.41, 5.74) is -0.867. The van der Waals surface area contributed by atoms with Gasteiger partial charge in [0, 0.05) is 0 Å². The third-order valence-electron chi connectivity index (χ3n) is 2.13. The maximum Gasteiger partial charge on any atom is 0.374 e. The summed E-state index contributed by atoms with van der Waals surface area (Å²) in [5.74, 6) is -5.04. The Bertz CT molecular complexity index is 603. The number of halogens is 1. The second-order valence-corrected chi connectivity index (χ2v) is 3.29. The average molecular weight is 251 g/mol. The van der Waals surface area contributed by atoms with Gasteiger partial charge in [-0.3, -0.25) is 0 Å². The van der Waals surface area contributed by atoms with Crippen molar-refractivity contribution in [3.8, 4) is 11.5 Å². The molecular formula is C11H6FNO5. The van der Waals surface area contributed by atoms with Crippen LogP contribution in [-0.2, 0) is 0 Å². The molecule has 0 atom stereocenters. The number of carboxylic acids is 2. The molecule has 0 aliphatic heterocycles. The summed E-state index contributed by atoms with van der Waals surface area (Å²) in [5, 5.41) is 17.5. The van der Waals surface area contributed by atoms with Crippen LogP contribution in [0.3, 0.4) is 0 Å². The summed E-state index contributed by atoms with van der Waals surface area (Å²) in [7, 11) is 0. The Kier molecular flexibility index (Phi) is 2.80. The largest absolute Gasteiger partial charge is 0.476 e. The van der Waals surface area contributed by atoms with Crippen molar-refractivity contribution in [2.24, 2.45) is 0 Å². The standard InChI is InChI=1S/C11H6FNO5/c12-6-4-2-1-3-5(6)9-13-7(10(14)15)8(18-9)11(16)17/h1-4H,(H,14,15)(H,16,17). The van der Waals surface area contributed by atoms with Crippen molar-refractivity contribution in [1.29, 1.82) is 0 Å². The van der Waals surface area contributed by atoms with Crippen molar-refractivity contribution in [3.63, 3.8) is 0 Å². The van der Waals surface area contributed by atoms with Crippen LogP contribution in [0.15, 0.2) is 28.7 Å². The fourth-order valence-corrected chi connectivity index (χ4v) is 1.36. The van der Waals surface area contributed by atoms with Crippen molar-refractivity contribution in [2.45, 2.75) is 0 Å². The first-order chi connectivity index (χ1) is 8.50. The zero-order valence-corrected chi connectivity index (χ0v) is 8.75. The molecule has 2 N–H and O–H groups in total. The molecule has 18 heavy (non-hydrogen) atoms. The van der Waals surface area contributed by atoms with Gasteiger partial charge in [-0.1, -0.05) is 12.1 Å². The van der Waals surface area contributed by atoms with Crippen LogP contribution in [0.25, 0.3) is 11.5 Å². The van der Waals surface area contributed by atoms with E-state index in [1.807, 2.05) is 0 Å². The van der Waals surface area contributed by atoms with Gasteiger partial charge in [-0.05, 0) is 12.1 Å².